The zero-order chi connectivity index (χ0) is 9.80. The average molecular weight is 207 g/mol. The minimum absolute atomic E-state index is 0. The molecule has 2 heteroatoms. The van der Waals surface area contributed by atoms with E-state index in [1.165, 1.54) is 0 Å². The molecule has 0 N–H and O–H groups in total. The van der Waals surface area contributed by atoms with Gasteiger partial charge in [-0.3, -0.25) is 4.79 Å². The molecule has 0 aliphatic carbocycles. The predicted molar refractivity (Wildman–Crippen MR) is 62.1 cm³/mol. The summed E-state index contributed by atoms with van der Waals surface area (Å²) in [6.07, 6.45) is 0. The monoisotopic (exact) mass is 206 g/mol. The Labute approximate surface area is 105 Å². The third-order valence-corrected chi connectivity index (χ3v) is 2.07. The van der Waals surface area contributed by atoms with Crippen molar-refractivity contribution in [3.8, 4) is 0 Å². The van der Waals surface area contributed by atoms with Gasteiger partial charge in [-0.1, -0.05) is 60.7 Å². The fourth-order valence-electron chi connectivity index (χ4n) is 1.35. The molecular weight excluding hydrogens is 196 g/mol. The van der Waals surface area contributed by atoms with Gasteiger partial charge in [-0.15, -0.1) is 0 Å². The fourth-order valence-corrected chi connectivity index (χ4v) is 1.35. The number of benzene rings is 2. The summed E-state index contributed by atoms with van der Waals surface area (Å²) >= 11 is 0. The van der Waals surface area contributed by atoms with E-state index in [0.29, 0.717) is 0 Å². The summed E-state index contributed by atoms with van der Waals surface area (Å²) < 4.78 is 0. The van der Waals surface area contributed by atoms with E-state index in [-0.39, 0.29) is 28.8 Å². The highest BCUT2D eigenvalue weighted by Crippen LogP contribution is 2.08. The first-order valence-corrected chi connectivity index (χ1v) is 4.53. The van der Waals surface area contributed by atoms with Crippen LogP contribution in [0.15, 0.2) is 60.7 Å². The Morgan fingerprint density at radius 2 is 1.00 bits per heavy atom. The van der Waals surface area contributed by atoms with Crippen molar-refractivity contribution in [1.82, 2.24) is 0 Å². The van der Waals surface area contributed by atoms with E-state index in [2.05, 4.69) is 0 Å². The molecule has 0 aromatic heterocycles. The second-order valence-electron chi connectivity index (χ2n) is 3.06. The van der Waals surface area contributed by atoms with Crippen LogP contribution in [0.4, 0.5) is 0 Å². The average Bonchev–Trinajstić information content (AvgIpc) is 2.30. The Hall–Kier alpha value is -1.12. The molecule has 2 rings (SSSR count). The predicted octanol–water partition coefficient (Wildman–Crippen LogP) is 2.54. The first-order valence-electron chi connectivity index (χ1n) is 4.53. The second kappa shape index (κ2) is 5.68. The Bertz CT molecular complexity index is 381. The normalized spacial score (nSPS) is 9.07. The lowest BCUT2D eigenvalue weighted by Crippen LogP contribution is -1.99. The summed E-state index contributed by atoms with van der Waals surface area (Å²) in [5.41, 5.74) is 1.47. The lowest BCUT2D eigenvalue weighted by Gasteiger charge is -1.99. The summed E-state index contributed by atoms with van der Waals surface area (Å²) in [6.45, 7) is 0. The van der Waals surface area contributed by atoms with Crippen LogP contribution in [0.5, 0.6) is 0 Å². The maximum atomic E-state index is 11.8. The quantitative estimate of drug-likeness (QED) is 0.545. The van der Waals surface area contributed by atoms with Gasteiger partial charge in [0.15, 0.2) is 5.78 Å². The van der Waals surface area contributed by atoms with E-state index in [1.54, 1.807) is 0 Å². The highest BCUT2D eigenvalue weighted by Gasteiger charge is 2.06. The Morgan fingerprint density at radius 1 is 0.667 bits per heavy atom. The van der Waals surface area contributed by atoms with Gasteiger partial charge in [-0.2, -0.15) is 0 Å². The molecule has 0 unspecified atom stereocenters. The van der Waals surface area contributed by atoms with E-state index in [0.717, 1.165) is 11.1 Å². The molecule has 0 aliphatic heterocycles. The summed E-state index contributed by atoms with van der Waals surface area (Å²) in [6, 6.07) is 18.6. The molecule has 1 nitrogen and oxygen atoms in total. The molecule has 2 radical (unpaired) electrons. The summed E-state index contributed by atoms with van der Waals surface area (Å²) in [7, 11) is 0. The standard InChI is InChI=1S/C13H10O.Mg/c14-13(11-7-3-1-4-8-11)12-9-5-2-6-10-12;/h1-10H;. The van der Waals surface area contributed by atoms with Gasteiger partial charge in [-0.05, 0) is 0 Å². The first kappa shape index (κ1) is 11.9. The largest absolute Gasteiger partial charge is 0.289 e. The van der Waals surface area contributed by atoms with Crippen LogP contribution in [-0.2, 0) is 0 Å². The number of carbonyl (C=O) groups is 1. The Balaban J connectivity index is 0.00000112. The number of carbonyl (C=O) groups excluding carboxylic acids is 1. The Kier molecular flexibility index (Phi) is 4.53. The van der Waals surface area contributed by atoms with Gasteiger partial charge >= 0.3 is 0 Å². The van der Waals surface area contributed by atoms with Crippen LogP contribution in [0.2, 0.25) is 0 Å². The SMILES string of the molecule is O=C(c1ccccc1)c1ccccc1.[Mg]. The van der Waals surface area contributed by atoms with Crippen molar-refractivity contribution in [3.05, 3.63) is 71.8 Å². The van der Waals surface area contributed by atoms with Crippen LogP contribution in [0.1, 0.15) is 15.9 Å². The van der Waals surface area contributed by atoms with Crippen LogP contribution < -0.4 is 0 Å². The molecule has 0 bridgehead atoms. The number of hydrogen-bond acceptors (Lipinski definition) is 1. The maximum Gasteiger partial charge on any atom is 0.193 e. The maximum absolute atomic E-state index is 11.8. The van der Waals surface area contributed by atoms with E-state index in [9.17, 15) is 4.79 Å². The van der Waals surface area contributed by atoms with Gasteiger partial charge in [0.2, 0.25) is 0 Å². The molecule has 0 spiro atoms. The molecule has 0 amide bonds. The minimum atomic E-state index is 0. The lowest BCUT2D eigenvalue weighted by atomic mass is 10.0. The molecule has 0 aliphatic rings. The highest BCUT2D eigenvalue weighted by molar-refractivity contribution is 6.08. The molecule has 70 valence electrons. The van der Waals surface area contributed by atoms with Crippen molar-refractivity contribution in [2.75, 3.05) is 0 Å². The first-order chi connectivity index (χ1) is 6.88. The third-order valence-electron chi connectivity index (χ3n) is 2.07. The van der Waals surface area contributed by atoms with Crippen LogP contribution in [-0.4, -0.2) is 28.8 Å². The molecular formula is C13H10MgO. The van der Waals surface area contributed by atoms with Crippen LogP contribution in [0.3, 0.4) is 0 Å². The van der Waals surface area contributed by atoms with Gasteiger partial charge in [0, 0.05) is 34.2 Å². The lowest BCUT2D eigenvalue weighted by molar-refractivity contribution is 0.103. The second-order valence-corrected chi connectivity index (χ2v) is 3.06. The van der Waals surface area contributed by atoms with Crippen molar-refractivity contribution in [2.24, 2.45) is 0 Å². The fraction of sp³-hybridized carbons (Fsp3) is 0. The summed E-state index contributed by atoms with van der Waals surface area (Å²) in [4.78, 5) is 11.8. The Morgan fingerprint density at radius 3 is 1.33 bits per heavy atom. The van der Waals surface area contributed by atoms with E-state index in [4.69, 9.17) is 0 Å². The van der Waals surface area contributed by atoms with Crippen LogP contribution in [0, 0.1) is 0 Å². The van der Waals surface area contributed by atoms with Gasteiger partial charge in [0.25, 0.3) is 0 Å². The van der Waals surface area contributed by atoms with Crippen molar-refractivity contribution in [2.45, 2.75) is 0 Å². The molecule has 0 fully saturated rings. The van der Waals surface area contributed by atoms with Crippen LogP contribution in [0.25, 0.3) is 0 Å². The van der Waals surface area contributed by atoms with E-state index >= 15 is 0 Å². The van der Waals surface area contributed by atoms with Gasteiger partial charge in [0.1, 0.15) is 0 Å². The third kappa shape index (κ3) is 2.91. The minimum Gasteiger partial charge on any atom is -0.289 e. The van der Waals surface area contributed by atoms with Crippen LogP contribution >= 0.6 is 0 Å². The van der Waals surface area contributed by atoms with Gasteiger partial charge < -0.3 is 0 Å². The molecule has 0 saturated heterocycles. The van der Waals surface area contributed by atoms with Gasteiger partial charge in [-0.25, -0.2) is 0 Å². The summed E-state index contributed by atoms with van der Waals surface area (Å²) in [5, 5.41) is 0. The topological polar surface area (TPSA) is 17.1 Å². The van der Waals surface area contributed by atoms with E-state index < -0.39 is 0 Å². The number of rotatable bonds is 2. The highest BCUT2D eigenvalue weighted by atomic mass is 24.3. The van der Waals surface area contributed by atoms with E-state index in [1.807, 2.05) is 60.7 Å². The zero-order valence-electron chi connectivity index (χ0n) is 8.39. The molecule has 0 saturated carbocycles. The van der Waals surface area contributed by atoms with Crippen molar-refractivity contribution in [3.63, 3.8) is 0 Å². The zero-order valence-corrected chi connectivity index (χ0v) is 9.80. The molecule has 0 heterocycles. The number of hydrogen-bond donors (Lipinski definition) is 0. The smallest absolute Gasteiger partial charge is 0.193 e. The van der Waals surface area contributed by atoms with Gasteiger partial charge in [0.05, 0.1) is 0 Å². The molecule has 2 aromatic rings. The number of ketones is 1. The molecule has 15 heavy (non-hydrogen) atoms. The van der Waals surface area contributed by atoms with Crippen molar-refractivity contribution >= 4 is 28.8 Å². The van der Waals surface area contributed by atoms with Crippen molar-refractivity contribution in [1.29, 1.82) is 0 Å². The summed E-state index contributed by atoms with van der Waals surface area (Å²) in [5.74, 6) is 0.0752. The molecule has 2 aromatic carbocycles. The molecule has 0 atom stereocenters. The van der Waals surface area contributed by atoms with Crippen molar-refractivity contribution < 1.29 is 4.79 Å².